The number of aromatic nitrogens is 1. The molecule has 0 saturated heterocycles. The van der Waals surface area contributed by atoms with E-state index in [2.05, 4.69) is 10.3 Å². The van der Waals surface area contributed by atoms with Gasteiger partial charge in [0, 0.05) is 24.1 Å². The molecule has 3 N–H and O–H groups in total. The summed E-state index contributed by atoms with van der Waals surface area (Å²) in [5.74, 6) is 1.04. The van der Waals surface area contributed by atoms with Gasteiger partial charge in [0.2, 0.25) is 5.88 Å². The molecule has 0 radical (unpaired) electrons. The number of carbonyl (C=O) groups is 1. The summed E-state index contributed by atoms with van der Waals surface area (Å²) in [5, 5.41) is 12.7. The van der Waals surface area contributed by atoms with E-state index in [1.807, 2.05) is 26.0 Å². The Morgan fingerprint density at radius 1 is 1.20 bits per heavy atom. The lowest BCUT2D eigenvalue weighted by atomic mass is 10.1. The molecule has 3 aromatic rings. The Labute approximate surface area is 178 Å². The summed E-state index contributed by atoms with van der Waals surface area (Å²) < 4.78 is 11.0. The number of carbonyl (C=O) groups excluding carboxylic acids is 1. The van der Waals surface area contributed by atoms with E-state index in [-0.39, 0.29) is 29.3 Å². The second-order valence-electron chi connectivity index (χ2n) is 6.98. The number of H-pyrrole nitrogens is 1. The second kappa shape index (κ2) is 9.49. The Kier molecular flexibility index (Phi) is 6.79. The Morgan fingerprint density at radius 3 is 2.53 bits per heavy atom. The number of amides is 1. The molecule has 7 nitrogen and oxygen atoms in total. The summed E-state index contributed by atoms with van der Waals surface area (Å²) in [7, 11) is 1.57. The van der Waals surface area contributed by atoms with Crippen LogP contribution in [0.2, 0.25) is 0 Å². The molecule has 3 rings (SSSR count). The van der Waals surface area contributed by atoms with E-state index in [1.54, 1.807) is 37.4 Å². The number of rotatable bonds is 8. The van der Waals surface area contributed by atoms with Crippen molar-refractivity contribution in [3.63, 3.8) is 0 Å². The van der Waals surface area contributed by atoms with Crippen LogP contribution >= 0.6 is 11.3 Å². The van der Waals surface area contributed by atoms with Gasteiger partial charge in [-0.15, -0.1) is 0 Å². The maximum atomic E-state index is 12.5. The fourth-order valence-electron chi connectivity index (χ4n) is 2.97. The van der Waals surface area contributed by atoms with E-state index < -0.39 is 0 Å². The summed E-state index contributed by atoms with van der Waals surface area (Å²) >= 11 is 0.973. The molecule has 158 valence electrons. The molecule has 0 aliphatic heterocycles. The molecule has 0 atom stereocenters. The molecule has 0 saturated carbocycles. The van der Waals surface area contributed by atoms with Crippen LogP contribution in [0.4, 0.5) is 0 Å². The van der Waals surface area contributed by atoms with Crippen molar-refractivity contribution in [2.75, 3.05) is 7.11 Å². The van der Waals surface area contributed by atoms with Crippen LogP contribution in [0.1, 0.15) is 40.2 Å². The maximum absolute atomic E-state index is 12.5. The summed E-state index contributed by atoms with van der Waals surface area (Å²) in [6, 6.07) is 12.5. The molecule has 0 bridgehead atoms. The summed E-state index contributed by atoms with van der Waals surface area (Å²) in [6.45, 7) is 4.16. The Morgan fingerprint density at radius 2 is 1.93 bits per heavy atom. The van der Waals surface area contributed by atoms with Gasteiger partial charge in [0.1, 0.15) is 11.5 Å². The van der Waals surface area contributed by atoms with Crippen molar-refractivity contribution < 1.29 is 19.4 Å². The molecule has 0 spiro atoms. The van der Waals surface area contributed by atoms with Crippen LogP contribution in [0.5, 0.6) is 17.4 Å². The monoisotopic (exact) mass is 428 g/mol. The van der Waals surface area contributed by atoms with Crippen molar-refractivity contribution in [2.24, 2.45) is 0 Å². The second-order valence-corrected chi connectivity index (χ2v) is 8.05. The third kappa shape index (κ3) is 5.42. The minimum absolute atomic E-state index is 0.0682. The smallest absolute Gasteiger partial charge is 0.307 e. The number of ether oxygens (including phenoxy) is 2. The fourth-order valence-corrected chi connectivity index (χ4v) is 3.73. The molecular weight excluding hydrogens is 404 g/mol. The minimum Gasteiger partial charge on any atom is -0.496 e. The number of hydrogen-bond donors (Lipinski definition) is 3. The van der Waals surface area contributed by atoms with E-state index in [0.29, 0.717) is 28.4 Å². The molecule has 1 heterocycles. The van der Waals surface area contributed by atoms with E-state index in [0.717, 1.165) is 22.5 Å². The van der Waals surface area contributed by atoms with Crippen LogP contribution in [0.3, 0.4) is 0 Å². The molecule has 8 heteroatoms. The van der Waals surface area contributed by atoms with Crippen LogP contribution < -0.4 is 19.7 Å². The van der Waals surface area contributed by atoms with Crippen molar-refractivity contribution in [3.05, 3.63) is 73.7 Å². The number of nitrogens with one attached hydrogen (secondary N) is 2. The molecule has 1 amide bonds. The first-order valence-corrected chi connectivity index (χ1v) is 10.3. The van der Waals surface area contributed by atoms with Crippen LogP contribution in [-0.4, -0.2) is 29.2 Å². The van der Waals surface area contributed by atoms with E-state index in [4.69, 9.17) is 9.47 Å². The van der Waals surface area contributed by atoms with Crippen LogP contribution in [-0.2, 0) is 13.0 Å². The summed E-state index contributed by atoms with van der Waals surface area (Å²) in [5.41, 5.74) is 2.22. The van der Waals surface area contributed by atoms with Crippen molar-refractivity contribution in [3.8, 4) is 17.4 Å². The van der Waals surface area contributed by atoms with Gasteiger partial charge >= 0.3 is 4.87 Å². The first-order valence-electron chi connectivity index (χ1n) is 9.47. The predicted octanol–water partition coefficient (Wildman–Crippen LogP) is 3.46. The zero-order chi connectivity index (χ0) is 21.7. The first-order chi connectivity index (χ1) is 14.4. The quantitative estimate of drug-likeness (QED) is 0.510. The number of hydrogen-bond acceptors (Lipinski definition) is 6. The molecule has 0 unspecified atom stereocenters. The van der Waals surface area contributed by atoms with Crippen LogP contribution in [0, 0.1) is 0 Å². The Bertz CT molecular complexity index is 1070. The maximum Gasteiger partial charge on any atom is 0.307 e. The SMILES string of the molecule is COc1ccc(Cc2sc(=O)[nH]c2O)cc1CNC(=O)c1ccc(OC(C)C)cc1. The minimum atomic E-state index is -0.298. The van der Waals surface area contributed by atoms with Crippen LogP contribution in [0.25, 0.3) is 0 Å². The molecule has 2 aromatic carbocycles. The number of thiazole rings is 1. The lowest BCUT2D eigenvalue weighted by molar-refractivity contribution is 0.0950. The van der Waals surface area contributed by atoms with Gasteiger partial charge in [0.05, 0.1) is 18.1 Å². The molecule has 30 heavy (non-hydrogen) atoms. The average molecular weight is 429 g/mol. The third-order valence-electron chi connectivity index (χ3n) is 4.34. The average Bonchev–Trinajstić information content (AvgIpc) is 3.03. The van der Waals surface area contributed by atoms with Gasteiger partial charge in [0.25, 0.3) is 5.91 Å². The highest BCUT2D eigenvalue weighted by molar-refractivity contribution is 7.09. The van der Waals surface area contributed by atoms with E-state index in [1.165, 1.54) is 0 Å². The van der Waals surface area contributed by atoms with Gasteiger partial charge in [-0.2, -0.15) is 0 Å². The van der Waals surface area contributed by atoms with Gasteiger partial charge in [-0.3, -0.25) is 14.6 Å². The predicted molar refractivity (Wildman–Crippen MR) is 116 cm³/mol. The van der Waals surface area contributed by atoms with Crippen molar-refractivity contribution in [2.45, 2.75) is 32.9 Å². The number of aromatic hydroxyl groups is 1. The normalized spacial score (nSPS) is 10.8. The van der Waals surface area contributed by atoms with Crippen molar-refractivity contribution >= 4 is 17.2 Å². The highest BCUT2D eigenvalue weighted by Gasteiger charge is 2.12. The van der Waals surface area contributed by atoms with Gasteiger partial charge in [-0.25, -0.2) is 0 Å². The zero-order valence-electron chi connectivity index (χ0n) is 17.0. The van der Waals surface area contributed by atoms with Gasteiger partial charge in [-0.1, -0.05) is 17.4 Å². The number of methoxy groups -OCH3 is 1. The van der Waals surface area contributed by atoms with E-state index >= 15 is 0 Å². The molecule has 0 aliphatic carbocycles. The largest absolute Gasteiger partial charge is 0.496 e. The lowest BCUT2D eigenvalue weighted by Gasteiger charge is -2.13. The lowest BCUT2D eigenvalue weighted by Crippen LogP contribution is -2.23. The first kappa shape index (κ1) is 21.4. The standard InChI is InChI=1S/C22H24N2O5S/c1-13(2)29-17-7-5-15(6-8-17)20(25)23-12-16-10-14(4-9-18(16)28-3)11-19-21(26)24-22(27)30-19/h4-10,13,26H,11-12H2,1-3H3,(H,23,25)(H,24,27). The highest BCUT2D eigenvalue weighted by atomic mass is 32.1. The topological polar surface area (TPSA) is 101 Å². The summed E-state index contributed by atoms with van der Waals surface area (Å²) in [4.78, 5) is 26.5. The molecule has 0 fully saturated rings. The number of benzene rings is 2. The van der Waals surface area contributed by atoms with Crippen LogP contribution in [0.15, 0.2) is 47.3 Å². The molecular formula is C22H24N2O5S. The molecule has 1 aromatic heterocycles. The fraction of sp³-hybridized carbons (Fsp3) is 0.273. The van der Waals surface area contributed by atoms with Gasteiger partial charge in [0.15, 0.2) is 0 Å². The third-order valence-corrected chi connectivity index (χ3v) is 5.21. The van der Waals surface area contributed by atoms with Gasteiger partial charge in [-0.05, 0) is 55.8 Å². The van der Waals surface area contributed by atoms with Crippen molar-refractivity contribution in [1.82, 2.24) is 10.3 Å². The zero-order valence-corrected chi connectivity index (χ0v) is 17.8. The van der Waals surface area contributed by atoms with Crippen molar-refractivity contribution in [1.29, 1.82) is 0 Å². The van der Waals surface area contributed by atoms with Gasteiger partial charge < -0.3 is 19.9 Å². The van der Waals surface area contributed by atoms with E-state index in [9.17, 15) is 14.7 Å². The molecule has 0 aliphatic rings. The Hall–Kier alpha value is -3.26. The summed E-state index contributed by atoms with van der Waals surface area (Å²) in [6.07, 6.45) is 0.468. The number of aromatic amines is 1. The highest BCUT2D eigenvalue weighted by Crippen LogP contribution is 2.25. The Balaban J connectivity index is 1.69.